The molecular weight excluding hydrogens is 408 g/mol. The zero-order valence-corrected chi connectivity index (χ0v) is 17.1. The number of ether oxygens (including phenoxy) is 2. The van der Waals surface area contributed by atoms with Crippen molar-refractivity contribution in [2.75, 3.05) is 20.3 Å². The first-order valence-electron chi connectivity index (χ1n) is 9.58. The molecule has 2 aromatic carbocycles. The quantitative estimate of drug-likeness (QED) is 0.642. The van der Waals surface area contributed by atoms with Gasteiger partial charge in [0.15, 0.2) is 0 Å². The lowest BCUT2D eigenvalue weighted by Crippen LogP contribution is -2.34. The number of nitrogens with one attached hydrogen (secondary N) is 1. The van der Waals surface area contributed by atoms with Crippen LogP contribution in [0.4, 0.5) is 5.69 Å². The Bertz CT molecular complexity index is 1150. The summed E-state index contributed by atoms with van der Waals surface area (Å²) in [5.74, 6) is 0.258. The van der Waals surface area contributed by atoms with E-state index in [9.17, 15) is 9.90 Å². The molecular formula is C22H21ClN2O5. The van der Waals surface area contributed by atoms with Gasteiger partial charge in [-0.3, -0.25) is 4.79 Å². The summed E-state index contributed by atoms with van der Waals surface area (Å²) in [5, 5.41) is 13.7. The Hall–Kier alpha value is -3.03. The SMILES string of the molecule is COc1ccc(N=c2oc3cc(O)ccc3cc2C(=O)NCC2CCCO2)cc1Cl. The van der Waals surface area contributed by atoms with Crippen LogP contribution >= 0.6 is 11.6 Å². The van der Waals surface area contributed by atoms with Crippen molar-refractivity contribution < 1.29 is 23.8 Å². The van der Waals surface area contributed by atoms with Gasteiger partial charge in [0.05, 0.1) is 23.9 Å². The fourth-order valence-corrected chi connectivity index (χ4v) is 3.55. The third-order valence-electron chi connectivity index (χ3n) is 4.86. The molecule has 0 saturated carbocycles. The zero-order valence-electron chi connectivity index (χ0n) is 16.4. The first kappa shape index (κ1) is 20.3. The molecule has 0 aliphatic carbocycles. The average Bonchev–Trinajstić information content (AvgIpc) is 3.25. The number of fused-ring (bicyclic) bond motifs is 1. The van der Waals surface area contributed by atoms with Crippen LogP contribution in [0.5, 0.6) is 11.5 Å². The van der Waals surface area contributed by atoms with Crippen molar-refractivity contribution >= 4 is 34.2 Å². The lowest BCUT2D eigenvalue weighted by atomic mass is 10.1. The van der Waals surface area contributed by atoms with Crippen LogP contribution in [0.2, 0.25) is 5.02 Å². The van der Waals surface area contributed by atoms with Crippen LogP contribution in [0.1, 0.15) is 23.2 Å². The molecule has 1 atom stereocenters. The van der Waals surface area contributed by atoms with Crippen LogP contribution in [0.15, 0.2) is 51.9 Å². The number of hydrogen-bond acceptors (Lipinski definition) is 6. The number of benzene rings is 2. The molecule has 30 heavy (non-hydrogen) atoms. The van der Waals surface area contributed by atoms with E-state index in [0.29, 0.717) is 40.6 Å². The summed E-state index contributed by atoms with van der Waals surface area (Å²) in [6.07, 6.45) is 1.93. The van der Waals surface area contributed by atoms with Gasteiger partial charge in [0.25, 0.3) is 5.91 Å². The Morgan fingerprint density at radius 3 is 2.90 bits per heavy atom. The summed E-state index contributed by atoms with van der Waals surface area (Å²) in [6.45, 7) is 1.13. The third kappa shape index (κ3) is 4.42. The van der Waals surface area contributed by atoms with Crippen molar-refractivity contribution in [2.24, 2.45) is 4.99 Å². The molecule has 1 aliphatic rings. The van der Waals surface area contributed by atoms with E-state index in [1.165, 1.54) is 19.2 Å². The lowest BCUT2D eigenvalue weighted by Gasteiger charge is -2.11. The Balaban J connectivity index is 1.76. The second-order valence-electron chi connectivity index (χ2n) is 6.96. The number of methoxy groups -OCH3 is 1. The number of carbonyl (C=O) groups is 1. The smallest absolute Gasteiger partial charge is 0.256 e. The molecule has 156 valence electrons. The maximum atomic E-state index is 12.9. The molecule has 8 heteroatoms. The Kier molecular flexibility index (Phi) is 5.92. The average molecular weight is 429 g/mol. The highest BCUT2D eigenvalue weighted by atomic mass is 35.5. The summed E-state index contributed by atoms with van der Waals surface area (Å²) >= 11 is 6.19. The number of phenolic OH excluding ortho intramolecular Hbond substituents is 1. The van der Waals surface area contributed by atoms with Crippen LogP contribution in [-0.2, 0) is 4.74 Å². The molecule has 0 radical (unpaired) electrons. The molecule has 1 unspecified atom stereocenters. The van der Waals surface area contributed by atoms with Gasteiger partial charge in [0.2, 0.25) is 5.55 Å². The first-order chi connectivity index (χ1) is 14.5. The second-order valence-corrected chi connectivity index (χ2v) is 7.37. The van der Waals surface area contributed by atoms with E-state index >= 15 is 0 Å². The number of rotatable bonds is 5. The van der Waals surface area contributed by atoms with Gasteiger partial charge in [0.1, 0.15) is 22.6 Å². The number of aromatic hydroxyl groups is 1. The second kappa shape index (κ2) is 8.77. The number of amides is 1. The van der Waals surface area contributed by atoms with Crippen LogP contribution < -0.4 is 15.6 Å². The molecule has 1 aromatic heterocycles. The molecule has 2 heterocycles. The Morgan fingerprint density at radius 1 is 1.30 bits per heavy atom. The zero-order chi connectivity index (χ0) is 21.1. The fraction of sp³-hybridized carbons (Fsp3) is 0.273. The van der Waals surface area contributed by atoms with Crippen LogP contribution in [-0.4, -0.2) is 37.4 Å². The highest BCUT2D eigenvalue weighted by Crippen LogP contribution is 2.28. The van der Waals surface area contributed by atoms with Gasteiger partial charge in [-0.2, -0.15) is 0 Å². The topological polar surface area (TPSA) is 93.3 Å². The summed E-state index contributed by atoms with van der Waals surface area (Å²) in [4.78, 5) is 17.4. The fourth-order valence-electron chi connectivity index (χ4n) is 3.30. The molecule has 0 spiro atoms. The predicted octanol–water partition coefficient (Wildman–Crippen LogP) is 3.94. The summed E-state index contributed by atoms with van der Waals surface area (Å²) < 4.78 is 16.6. The maximum Gasteiger partial charge on any atom is 0.256 e. The van der Waals surface area contributed by atoms with Crippen molar-refractivity contribution in [3.8, 4) is 11.5 Å². The lowest BCUT2D eigenvalue weighted by molar-refractivity contribution is 0.0854. The number of phenols is 1. The minimum atomic E-state index is -0.317. The molecule has 4 rings (SSSR count). The van der Waals surface area contributed by atoms with E-state index < -0.39 is 0 Å². The molecule has 1 aliphatic heterocycles. The number of hydrogen-bond donors (Lipinski definition) is 2. The van der Waals surface area contributed by atoms with E-state index in [-0.39, 0.29) is 28.9 Å². The maximum absolute atomic E-state index is 12.9. The normalized spacial score (nSPS) is 16.7. The Labute approximate surface area is 177 Å². The van der Waals surface area contributed by atoms with Crippen molar-refractivity contribution in [3.05, 3.63) is 58.6 Å². The van der Waals surface area contributed by atoms with Gasteiger partial charge in [0, 0.05) is 24.6 Å². The highest BCUT2D eigenvalue weighted by Gasteiger charge is 2.18. The molecule has 2 N–H and O–H groups in total. The minimum Gasteiger partial charge on any atom is -0.508 e. The van der Waals surface area contributed by atoms with E-state index in [1.54, 1.807) is 30.3 Å². The number of carbonyl (C=O) groups excluding carboxylic acids is 1. The number of nitrogens with zero attached hydrogens (tertiary/aromatic N) is 1. The van der Waals surface area contributed by atoms with Crippen molar-refractivity contribution in [3.63, 3.8) is 0 Å². The van der Waals surface area contributed by atoms with Crippen molar-refractivity contribution in [2.45, 2.75) is 18.9 Å². The molecule has 1 amide bonds. The van der Waals surface area contributed by atoms with Crippen LogP contribution in [0, 0.1) is 0 Å². The van der Waals surface area contributed by atoms with Crippen molar-refractivity contribution in [1.82, 2.24) is 5.32 Å². The minimum absolute atomic E-state index is 0.0177. The van der Waals surface area contributed by atoms with Gasteiger partial charge in [-0.1, -0.05) is 11.6 Å². The summed E-state index contributed by atoms with van der Waals surface area (Å²) in [5.41, 5.74) is 1.29. The summed E-state index contributed by atoms with van der Waals surface area (Å²) in [7, 11) is 1.53. The van der Waals surface area contributed by atoms with E-state index in [4.69, 9.17) is 25.5 Å². The van der Waals surface area contributed by atoms with E-state index in [0.717, 1.165) is 12.8 Å². The van der Waals surface area contributed by atoms with E-state index in [1.807, 2.05) is 0 Å². The standard InChI is InChI=1S/C22H21ClN2O5/c1-28-19-7-5-14(10-18(19)23)25-22-17(21(27)24-12-16-3-2-8-29-16)9-13-4-6-15(26)11-20(13)30-22/h4-7,9-11,16,26H,2-3,8,12H2,1H3,(H,24,27). The van der Waals surface area contributed by atoms with Crippen LogP contribution in [0.3, 0.4) is 0 Å². The molecule has 1 saturated heterocycles. The van der Waals surface area contributed by atoms with Crippen LogP contribution in [0.25, 0.3) is 11.0 Å². The summed E-state index contributed by atoms with van der Waals surface area (Å²) in [6, 6.07) is 11.4. The molecule has 7 nitrogen and oxygen atoms in total. The number of halogens is 1. The molecule has 0 bridgehead atoms. The molecule has 3 aromatic rings. The largest absolute Gasteiger partial charge is 0.508 e. The van der Waals surface area contributed by atoms with Gasteiger partial charge in [-0.15, -0.1) is 0 Å². The van der Waals surface area contributed by atoms with Gasteiger partial charge >= 0.3 is 0 Å². The Morgan fingerprint density at radius 2 is 2.17 bits per heavy atom. The van der Waals surface area contributed by atoms with Crippen molar-refractivity contribution in [1.29, 1.82) is 0 Å². The first-order valence-corrected chi connectivity index (χ1v) is 9.96. The monoisotopic (exact) mass is 428 g/mol. The van der Waals surface area contributed by atoms with Gasteiger partial charge in [-0.05, 0) is 49.2 Å². The van der Waals surface area contributed by atoms with Gasteiger partial charge < -0.3 is 24.3 Å². The van der Waals surface area contributed by atoms with E-state index in [2.05, 4.69) is 10.3 Å². The predicted molar refractivity (Wildman–Crippen MR) is 112 cm³/mol. The third-order valence-corrected chi connectivity index (χ3v) is 5.15. The van der Waals surface area contributed by atoms with Gasteiger partial charge in [-0.25, -0.2) is 4.99 Å². The highest BCUT2D eigenvalue weighted by molar-refractivity contribution is 6.32. The molecule has 1 fully saturated rings.